The largest absolute Gasteiger partial charge is 0.355 e. The van der Waals surface area contributed by atoms with E-state index in [0.717, 1.165) is 11.5 Å². The summed E-state index contributed by atoms with van der Waals surface area (Å²) < 4.78 is 0. The molecule has 1 N–H and O–H groups in total. The van der Waals surface area contributed by atoms with Gasteiger partial charge >= 0.3 is 0 Å². The Morgan fingerprint density at radius 3 is 2.40 bits per heavy atom. The highest BCUT2D eigenvalue weighted by Gasteiger charge is 2.02. The maximum atomic E-state index is 11.2. The molecule has 0 fully saturated rings. The van der Waals surface area contributed by atoms with E-state index in [2.05, 4.69) is 12.2 Å². The van der Waals surface area contributed by atoms with Gasteiger partial charge in [0.05, 0.1) is 0 Å². The third kappa shape index (κ3) is 11.8. The van der Waals surface area contributed by atoms with Crippen LogP contribution in [-0.4, -0.2) is 29.7 Å². The number of amides is 1. The third-order valence-electron chi connectivity index (χ3n) is 1.58. The monoisotopic (exact) mass is 249 g/mol. The number of nitrogens with one attached hydrogen (secondary N) is 1. The lowest BCUT2D eigenvalue weighted by Gasteiger charge is -2.03. The Morgan fingerprint density at radius 2 is 1.80 bits per heavy atom. The maximum absolute atomic E-state index is 11.2. The topological polar surface area (TPSA) is 46.2 Å². The lowest BCUT2D eigenvalue weighted by atomic mass is 10.2. The number of hydrogen-bond donors (Lipinski definition) is 1. The lowest BCUT2D eigenvalue weighted by Crippen LogP contribution is -2.25. The van der Waals surface area contributed by atoms with Crippen LogP contribution in [0.2, 0.25) is 0 Å². The number of carbonyl (C=O) groups is 2. The molecule has 0 aromatic heterocycles. The van der Waals surface area contributed by atoms with Crippen molar-refractivity contribution in [3.8, 4) is 0 Å². The zero-order valence-corrected chi connectivity index (χ0v) is 11.0. The summed E-state index contributed by atoms with van der Waals surface area (Å²) in [5, 5.41) is 2.79. The summed E-state index contributed by atoms with van der Waals surface area (Å²) >= 11 is 0. The Labute approximate surface area is 99.5 Å². The number of ketones is 1. The van der Waals surface area contributed by atoms with Gasteiger partial charge in [-0.05, 0) is 13.3 Å². The molecule has 0 aliphatic heterocycles. The van der Waals surface area contributed by atoms with Crippen LogP contribution in [0.4, 0.5) is 0 Å². The van der Waals surface area contributed by atoms with Crippen LogP contribution in [0, 0.1) is 0 Å². The van der Waals surface area contributed by atoms with Crippen LogP contribution >= 0.6 is 21.6 Å². The molecule has 0 aromatic carbocycles. The van der Waals surface area contributed by atoms with Crippen molar-refractivity contribution in [3.63, 3.8) is 0 Å². The number of carbonyl (C=O) groups excluding carboxylic acids is 2. The number of Topliss-reactive ketones (excluding diaryl/α,β-unsaturated/α-hetero) is 1. The number of rotatable bonds is 9. The second kappa shape index (κ2) is 10.4. The second-order valence-corrected chi connectivity index (χ2v) is 5.90. The van der Waals surface area contributed by atoms with Crippen LogP contribution in [0.3, 0.4) is 0 Å². The minimum atomic E-state index is -0.0220. The SMILES string of the molecule is CCCSSCCNC(=O)CCC(C)=O. The normalized spacial score (nSPS) is 10.0. The second-order valence-electron chi connectivity index (χ2n) is 3.20. The van der Waals surface area contributed by atoms with Crippen LogP contribution < -0.4 is 5.32 Å². The molecule has 3 nitrogen and oxygen atoms in total. The van der Waals surface area contributed by atoms with Gasteiger partial charge in [0.15, 0.2) is 0 Å². The summed E-state index contributed by atoms with van der Waals surface area (Å²) in [6.07, 6.45) is 1.86. The van der Waals surface area contributed by atoms with Gasteiger partial charge in [0.2, 0.25) is 5.91 Å². The fourth-order valence-corrected chi connectivity index (χ4v) is 2.86. The van der Waals surface area contributed by atoms with E-state index < -0.39 is 0 Å². The van der Waals surface area contributed by atoms with E-state index in [1.165, 1.54) is 13.3 Å². The minimum Gasteiger partial charge on any atom is -0.355 e. The highest BCUT2D eigenvalue weighted by atomic mass is 33.1. The first-order valence-electron chi connectivity index (χ1n) is 5.17. The van der Waals surface area contributed by atoms with Gasteiger partial charge in [0.25, 0.3) is 0 Å². The summed E-state index contributed by atoms with van der Waals surface area (Å²) in [5.41, 5.74) is 0. The predicted molar refractivity (Wildman–Crippen MR) is 68.1 cm³/mol. The highest BCUT2D eigenvalue weighted by molar-refractivity contribution is 8.76. The molecule has 15 heavy (non-hydrogen) atoms. The quantitative estimate of drug-likeness (QED) is 0.503. The Bertz CT molecular complexity index is 198. The van der Waals surface area contributed by atoms with E-state index >= 15 is 0 Å². The van der Waals surface area contributed by atoms with Gasteiger partial charge in [-0.15, -0.1) is 0 Å². The molecule has 0 spiro atoms. The Balaban J connectivity index is 3.20. The molecule has 0 aliphatic carbocycles. The molecular weight excluding hydrogens is 230 g/mol. The molecule has 0 aromatic rings. The van der Waals surface area contributed by atoms with Gasteiger partial charge in [-0.25, -0.2) is 0 Å². The van der Waals surface area contributed by atoms with Gasteiger partial charge in [-0.2, -0.15) is 0 Å². The zero-order chi connectivity index (χ0) is 11.5. The van der Waals surface area contributed by atoms with Crippen molar-refractivity contribution in [3.05, 3.63) is 0 Å². The van der Waals surface area contributed by atoms with Crippen LogP contribution in [0.1, 0.15) is 33.1 Å². The molecule has 1 amide bonds. The van der Waals surface area contributed by atoms with Crippen molar-refractivity contribution < 1.29 is 9.59 Å². The minimum absolute atomic E-state index is 0.0220. The smallest absolute Gasteiger partial charge is 0.220 e. The van der Waals surface area contributed by atoms with Gasteiger partial charge in [-0.3, -0.25) is 4.79 Å². The van der Waals surface area contributed by atoms with Gasteiger partial charge in [0, 0.05) is 30.9 Å². The first-order chi connectivity index (χ1) is 7.16. The highest BCUT2D eigenvalue weighted by Crippen LogP contribution is 2.20. The average Bonchev–Trinajstić information content (AvgIpc) is 2.20. The van der Waals surface area contributed by atoms with E-state index in [1.807, 2.05) is 10.8 Å². The Morgan fingerprint density at radius 1 is 1.13 bits per heavy atom. The summed E-state index contributed by atoms with van der Waals surface area (Å²) in [6.45, 7) is 4.35. The van der Waals surface area contributed by atoms with Gasteiger partial charge in [0.1, 0.15) is 5.78 Å². The van der Waals surface area contributed by atoms with Crippen molar-refractivity contribution in [2.75, 3.05) is 18.1 Å². The van der Waals surface area contributed by atoms with Crippen LogP contribution in [0.25, 0.3) is 0 Å². The predicted octanol–water partition coefficient (Wildman–Crippen LogP) is 2.26. The average molecular weight is 249 g/mol. The fraction of sp³-hybridized carbons (Fsp3) is 0.800. The zero-order valence-electron chi connectivity index (χ0n) is 9.38. The molecule has 0 saturated carbocycles. The first-order valence-corrected chi connectivity index (χ1v) is 7.66. The first kappa shape index (κ1) is 14.8. The maximum Gasteiger partial charge on any atom is 0.220 e. The van der Waals surface area contributed by atoms with Crippen molar-refractivity contribution in [1.29, 1.82) is 0 Å². The molecule has 0 heterocycles. The molecule has 0 atom stereocenters. The van der Waals surface area contributed by atoms with Crippen LogP contribution in [0.5, 0.6) is 0 Å². The molecule has 88 valence electrons. The number of hydrogen-bond acceptors (Lipinski definition) is 4. The molecule has 0 bridgehead atoms. The summed E-state index contributed by atoms with van der Waals surface area (Å²) in [5.74, 6) is 2.13. The molecular formula is C10H19NO2S2. The molecule has 0 saturated heterocycles. The van der Waals surface area contributed by atoms with E-state index in [1.54, 1.807) is 10.8 Å². The van der Waals surface area contributed by atoms with Crippen molar-refractivity contribution in [2.24, 2.45) is 0 Å². The van der Waals surface area contributed by atoms with E-state index in [-0.39, 0.29) is 11.7 Å². The third-order valence-corrected chi connectivity index (χ3v) is 4.19. The van der Waals surface area contributed by atoms with E-state index in [0.29, 0.717) is 19.4 Å². The molecule has 0 radical (unpaired) electrons. The summed E-state index contributed by atoms with van der Waals surface area (Å²) in [6, 6.07) is 0. The standard InChI is InChI=1S/C10H19NO2S2/c1-3-7-14-15-8-6-11-10(13)5-4-9(2)12/h3-8H2,1-2H3,(H,11,13). The molecule has 5 heteroatoms. The van der Waals surface area contributed by atoms with Crippen molar-refractivity contribution >= 4 is 33.3 Å². The van der Waals surface area contributed by atoms with Crippen molar-refractivity contribution in [1.82, 2.24) is 5.32 Å². The van der Waals surface area contributed by atoms with E-state index in [9.17, 15) is 9.59 Å². The van der Waals surface area contributed by atoms with Crippen LogP contribution in [-0.2, 0) is 9.59 Å². The van der Waals surface area contributed by atoms with Crippen molar-refractivity contribution in [2.45, 2.75) is 33.1 Å². The molecule has 0 aliphatic rings. The van der Waals surface area contributed by atoms with Gasteiger partial charge in [-0.1, -0.05) is 28.5 Å². The Hall–Kier alpha value is -0.160. The molecule has 0 rings (SSSR count). The van der Waals surface area contributed by atoms with Gasteiger partial charge < -0.3 is 10.1 Å². The van der Waals surface area contributed by atoms with E-state index in [4.69, 9.17) is 0 Å². The molecule has 0 unspecified atom stereocenters. The van der Waals surface area contributed by atoms with Crippen LogP contribution in [0.15, 0.2) is 0 Å². The lowest BCUT2D eigenvalue weighted by molar-refractivity contribution is -0.124. The fourth-order valence-electron chi connectivity index (χ4n) is 0.811. The Kier molecular flexibility index (Phi) is 10.3. The summed E-state index contributed by atoms with van der Waals surface area (Å²) in [7, 11) is 3.61. The summed E-state index contributed by atoms with van der Waals surface area (Å²) in [4.78, 5) is 21.8.